The minimum atomic E-state index is -0.816. The monoisotopic (exact) mass is 340 g/mol. The lowest BCUT2D eigenvalue weighted by Gasteiger charge is -2.30. The number of aliphatic carboxylic acids is 1. The average molecular weight is 340 g/mol. The molecule has 0 spiro atoms. The van der Waals surface area contributed by atoms with Crippen LogP contribution in [0.5, 0.6) is 0 Å². The Labute approximate surface area is 138 Å². The van der Waals surface area contributed by atoms with Crippen molar-refractivity contribution in [1.82, 2.24) is 4.90 Å². The predicted molar refractivity (Wildman–Crippen MR) is 86.0 cm³/mol. The highest BCUT2D eigenvalue weighted by atomic mass is 32.1. The van der Waals surface area contributed by atoms with Crippen molar-refractivity contribution in [2.24, 2.45) is 5.92 Å². The van der Waals surface area contributed by atoms with E-state index in [1.807, 2.05) is 0 Å². The maximum Gasteiger partial charge on any atom is 0.341 e. The molecule has 1 fully saturated rings. The zero-order chi connectivity index (χ0) is 17.0. The van der Waals surface area contributed by atoms with E-state index in [0.29, 0.717) is 36.5 Å². The number of amides is 2. The second-order valence-corrected chi connectivity index (χ2v) is 6.25. The summed E-state index contributed by atoms with van der Waals surface area (Å²) >= 11 is 1.27. The number of carbonyl (C=O) groups excluding carboxylic acids is 2. The largest absolute Gasteiger partial charge is 0.481 e. The maximum absolute atomic E-state index is 12.3. The number of ether oxygens (including phenoxy) is 1. The normalized spacial score (nSPS) is 15.3. The fourth-order valence-electron chi connectivity index (χ4n) is 2.50. The molecule has 2 heterocycles. The van der Waals surface area contributed by atoms with Gasteiger partial charge in [-0.1, -0.05) is 0 Å². The Kier molecular flexibility index (Phi) is 5.59. The van der Waals surface area contributed by atoms with Crippen molar-refractivity contribution >= 4 is 34.3 Å². The molecule has 1 aliphatic rings. The molecular formula is C15H20N2O5S. The van der Waals surface area contributed by atoms with Crippen molar-refractivity contribution in [3.63, 3.8) is 0 Å². The Morgan fingerprint density at radius 1 is 1.39 bits per heavy atom. The second-order valence-electron chi connectivity index (χ2n) is 5.37. The summed E-state index contributed by atoms with van der Waals surface area (Å²) < 4.78 is 5.01. The molecule has 7 nitrogen and oxygen atoms in total. The fourth-order valence-corrected chi connectivity index (χ4v) is 3.42. The molecule has 0 radical (unpaired) electrons. The Morgan fingerprint density at radius 2 is 2.04 bits per heavy atom. The number of carboxylic acid groups (broad SMARTS) is 1. The molecule has 0 bridgehead atoms. The Hall–Kier alpha value is -2.09. The third-order valence-electron chi connectivity index (χ3n) is 3.81. The van der Waals surface area contributed by atoms with Gasteiger partial charge in [-0.2, -0.15) is 0 Å². The molecule has 23 heavy (non-hydrogen) atoms. The summed E-state index contributed by atoms with van der Waals surface area (Å²) in [6.07, 6.45) is 0.883. The minimum absolute atomic E-state index is 0.268. The van der Waals surface area contributed by atoms with E-state index in [4.69, 9.17) is 9.84 Å². The van der Waals surface area contributed by atoms with Crippen LogP contribution in [-0.4, -0.2) is 47.7 Å². The van der Waals surface area contributed by atoms with Crippen LogP contribution in [0.4, 0.5) is 9.80 Å². The summed E-state index contributed by atoms with van der Waals surface area (Å²) in [4.78, 5) is 36.8. The molecule has 1 aromatic heterocycles. The quantitative estimate of drug-likeness (QED) is 0.821. The van der Waals surface area contributed by atoms with Crippen LogP contribution < -0.4 is 5.32 Å². The first-order valence-electron chi connectivity index (χ1n) is 7.48. The summed E-state index contributed by atoms with van der Waals surface area (Å²) in [7, 11) is 0. The van der Waals surface area contributed by atoms with Crippen molar-refractivity contribution in [3.8, 4) is 0 Å². The van der Waals surface area contributed by atoms with Gasteiger partial charge in [-0.25, -0.2) is 9.59 Å². The highest BCUT2D eigenvalue weighted by molar-refractivity contribution is 7.15. The standard InChI is InChI=1S/C15H20N2O5S/c1-3-22-14(20)11-9(2)8-23-12(11)16-15(21)17-6-4-10(5-7-17)13(18)19/h8,10H,3-7H2,1-2H3,(H,16,21)(H,18,19). The van der Waals surface area contributed by atoms with Crippen LogP contribution >= 0.6 is 11.3 Å². The van der Waals surface area contributed by atoms with Crippen LogP contribution in [0, 0.1) is 12.8 Å². The van der Waals surface area contributed by atoms with Crippen LogP contribution in [0.3, 0.4) is 0 Å². The number of piperidine rings is 1. The number of anilines is 1. The zero-order valence-electron chi connectivity index (χ0n) is 13.1. The number of nitrogens with one attached hydrogen (secondary N) is 1. The molecule has 126 valence electrons. The van der Waals surface area contributed by atoms with Gasteiger partial charge in [0.25, 0.3) is 0 Å². The topological polar surface area (TPSA) is 95.9 Å². The highest BCUT2D eigenvalue weighted by Crippen LogP contribution is 2.29. The van der Waals surface area contributed by atoms with Crippen LogP contribution in [-0.2, 0) is 9.53 Å². The zero-order valence-corrected chi connectivity index (χ0v) is 13.9. The van der Waals surface area contributed by atoms with E-state index in [9.17, 15) is 14.4 Å². The number of likely N-dealkylation sites (tertiary alicyclic amines) is 1. The molecule has 2 rings (SSSR count). The van der Waals surface area contributed by atoms with Crippen molar-refractivity contribution in [2.75, 3.05) is 25.0 Å². The number of thiophene rings is 1. The summed E-state index contributed by atoms with van der Waals surface area (Å²) in [5.74, 6) is -1.66. The summed E-state index contributed by atoms with van der Waals surface area (Å²) in [5.41, 5.74) is 1.14. The first kappa shape index (κ1) is 17.3. The average Bonchev–Trinajstić information content (AvgIpc) is 2.88. The molecular weight excluding hydrogens is 320 g/mol. The summed E-state index contributed by atoms with van der Waals surface area (Å²) in [5, 5.41) is 14.0. The van der Waals surface area contributed by atoms with E-state index >= 15 is 0 Å². The summed E-state index contributed by atoms with van der Waals surface area (Å²) in [6.45, 7) is 4.56. The predicted octanol–water partition coefficient (Wildman–Crippen LogP) is 2.56. The van der Waals surface area contributed by atoms with Crippen LogP contribution in [0.15, 0.2) is 5.38 Å². The van der Waals surface area contributed by atoms with E-state index in [1.165, 1.54) is 11.3 Å². The number of esters is 1. The van der Waals surface area contributed by atoms with E-state index in [0.717, 1.165) is 5.56 Å². The molecule has 0 atom stereocenters. The van der Waals surface area contributed by atoms with E-state index in [2.05, 4.69) is 5.32 Å². The third-order valence-corrected chi connectivity index (χ3v) is 4.82. The fraction of sp³-hybridized carbons (Fsp3) is 0.533. The molecule has 0 aromatic carbocycles. The van der Waals surface area contributed by atoms with Gasteiger partial charge >= 0.3 is 18.0 Å². The number of carboxylic acids is 1. The Morgan fingerprint density at radius 3 is 2.61 bits per heavy atom. The highest BCUT2D eigenvalue weighted by Gasteiger charge is 2.28. The third kappa shape index (κ3) is 4.01. The van der Waals surface area contributed by atoms with E-state index in [1.54, 1.807) is 24.1 Å². The maximum atomic E-state index is 12.3. The molecule has 0 unspecified atom stereocenters. The minimum Gasteiger partial charge on any atom is -0.481 e. The van der Waals surface area contributed by atoms with Crippen LogP contribution in [0.25, 0.3) is 0 Å². The number of nitrogens with zero attached hydrogens (tertiary/aromatic N) is 1. The number of carbonyl (C=O) groups is 3. The Balaban J connectivity index is 2.01. The molecule has 1 aromatic rings. The van der Waals surface area contributed by atoms with Gasteiger partial charge in [0.05, 0.1) is 18.1 Å². The van der Waals surface area contributed by atoms with Crippen LogP contribution in [0.2, 0.25) is 0 Å². The van der Waals surface area contributed by atoms with Crippen LogP contribution in [0.1, 0.15) is 35.7 Å². The van der Waals surface area contributed by atoms with Crippen molar-refractivity contribution in [1.29, 1.82) is 0 Å². The van der Waals surface area contributed by atoms with Crippen molar-refractivity contribution in [2.45, 2.75) is 26.7 Å². The molecule has 0 aliphatic carbocycles. The number of hydrogen-bond acceptors (Lipinski definition) is 5. The molecule has 0 saturated carbocycles. The number of urea groups is 1. The van der Waals surface area contributed by atoms with Gasteiger partial charge in [-0.15, -0.1) is 11.3 Å². The number of hydrogen-bond donors (Lipinski definition) is 2. The van der Waals surface area contributed by atoms with Gasteiger partial charge in [0.2, 0.25) is 0 Å². The van der Waals surface area contributed by atoms with E-state index < -0.39 is 17.9 Å². The van der Waals surface area contributed by atoms with Gasteiger partial charge in [0.1, 0.15) is 5.00 Å². The van der Waals surface area contributed by atoms with Crippen molar-refractivity contribution in [3.05, 3.63) is 16.5 Å². The lowest BCUT2D eigenvalue weighted by molar-refractivity contribution is -0.143. The van der Waals surface area contributed by atoms with Gasteiger partial charge in [0, 0.05) is 13.1 Å². The van der Waals surface area contributed by atoms with Gasteiger partial charge < -0.3 is 14.7 Å². The van der Waals surface area contributed by atoms with Gasteiger partial charge in [-0.05, 0) is 37.6 Å². The molecule has 2 amide bonds. The summed E-state index contributed by atoms with van der Waals surface area (Å²) in [6, 6.07) is -0.318. The number of aryl methyl sites for hydroxylation is 1. The molecule has 1 aliphatic heterocycles. The number of rotatable bonds is 4. The lowest BCUT2D eigenvalue weighted by atomic mass is 9.97. The molecule has 8 heteroatoms. The molecule has 2 N–H and O–H groups in total. The Bertz CT molecular complexity index is 605. The first-order chi connectivity index (χ1) is 10.9. The van der Waals surface area contributed by atoms with Gasteiger partial charge in [0.15, 0.2) is 0 Å². The molecule has 1 saturated heterocycles. The van der Waals surface area contributed by atoms with Crippen molar-refractivity contribution < 1.29 is 24.2 Å². The first-order valence-corrected chi connectivity index (χ1v) is 8.36. The van der Waals surface area contributed by atoms with Gasteiger partial charge in [-0.3, -0.25) is 10.1 Å². The lowest BCUT2D eigenvalue weighted by Crippen LogP contribution is -2.42. The smallest absolute Gasteiger partial charge is 0.341 e. The SMILES string of the molecule is CCOC(=O)c1c(C)csc1NC(=O)N1CCC(C(=O)O)CC1. The second kappa shape index (κ2) is 7.45. The van der Waals surface area contributed by atoms with E-state index in [-0.39, 0.29) is 12.6 Å².